The number of amides is 5. The van der Waals surface area contributed by atoms with Crippen molar-refractivity contribution in [2.45, 2.75) is 84.4 Å². The zero-order chi connectivity index (χ0) is 20.4. The third-order valence-corrected chi connectivity index (χ3v) is 4.89. The Kier molecular flexibility index (Phi) is 6.49. The number of carbonyl (C=O) groups is 4. The number of nitrogens with zero attached hydrogens (tertiary/aromatic N) is 3. The van der Waals surface area contributed by atoms with Gasteiger partial charge in [0.25, 0.3) is 0 Å². The van der Waals surface area contributed by atoms with Crippen LogP contribution in [0.1, 0.15) is 66.7 Å². The molecule has 0 bridgehead atoms. The van der Waals surface area contributed by atoms with E-state index < -0.39 is 23.4 Å². The van der Waals surface area contributed by atoms with E-state index in [-0.39, 0.29) is 24.6 Å². The summed E-state index contributed by atoms with van der Waals surface area (Å²) in [6.45, 7) is 10.1. The fourth-order valence-electron chi connectivity index (χ4n) is 3.52. The molecule has 2 aliphatic heterocycles. The van der Waals surface area contributed by atoms with Crippen LogP contribution in [0.15, 0.2) is 0 Å². The molecule has 2 saturated heterocycles. The van der Waals surface area contributed by atoms with E-state index in [0.29, 0.717) is 32.4 Å². The van der Waals surface area contributed by atoms with Crippen LogP contribution in [0.2, 0.25) is 0 Å². The number of likely N-dealkylation sites (tertiary alicyclic amines) is 1. The summed E-state index contributed by atoms with van der Waals surface area (Å²) in [6.07, 6.45) is 1.88. The van der Waals surface area contributed by atoms with Crippen molar-refractivity contribution in [3.8, 4) is 0 Å². The Balaban J connectivity index is 2.06. The van der Waals surface area contributed by atoms with E-state index in [1.807, 2.05) is 34.6 Å². The van der Waals surface area contributed by atoms with Crippen LogP contribution in [0.25, 0.3) is 0 Å². The Hall–Kier alpha value is -2.12. The van der Waals surface area contributed by atoms with E-state index in [4.69, 9.17) is 4.74 Å². The molecule has 0 N–H and O–H groups in total. The van der Waals surface area contributed by atoms with Gasteiger partial charge in [0.2, 0.25) is 11.8 Å². The standard InChI is InChI=1S/C19H31N3O5/c1-6-7-9-21-15(23)12-16(24)22(17(21)25)14-8-10-20(13(2)11-14)18(26)27-19(3,4)5/h13-14H,6-12H2,1-5H3/t13-,14-/m1/s1. The molecule has 2 heterocycles. The maximum absolute atomic E-state index is 12.8. The Morgan fingerprint density at radius 2 is 1.85 bits per heavy atom. The minimum absolute atomic E-state index is 0.166. The number of hydrogen-bond donors (Lipinski definition) is 0. The largest absolute Gasteiger partial charge is 0.444 e. The van der Waals surface area contributed by atoms with Crippen molar-refractivity contribution in [1.29, 1.82) is 0 Å². The Bertz CT molecular complexity index is 613. The molecule has 0 saturated carbocycles. The smallest absolute Gasteiger partial charge is 0.410 e. The lowest BCUT2D eigenvalue weighted by Gasteiger charge is -2.43. The molecule has 2 fully saturated rings. The summed E-state index contributed by atoms with van der Waals surface area (Å²) in [5.41, 5.74) is -0.577. The van der Waals surface area contributed by atoms with Crippen LogP contribution >= 0.6 is 0 Å². The minimum Gasteiger partial charge on any atom is -0.444 e. The molecule has 0 aromatic carbocycles. The zero-order valence-electron chi connectivity index (χ0n) is 17.0. The highest BCUT2D eigenvalue weighted by Crippen LogP contribution is 2.27. The number of carbonyl (C=O) groups excluding carboxylic acids is 4. The van der Waals surface area contributed by atoms with Gasteiger partial charge in [0.05, 0.1) is 0 Å². The van der Waals surface area contributed by atoms with Crippen molar-refractivity contribution in [2.75, 3.05) is 13.1 Å². The molecular formula is C19H31N3O5. The summed E-state index contributed by atoms with van der Waals surface area (Å²) in [6, 6.07) is -0.996. The van der Waals surface area contributed by atoms with Crippen molar-refractivity contribution >= 4 is 23.9 Å². The van der Waals surface area contributed by atoms with Crippen molar-refractivity contribution in [3.63, 3.8) is 0 Å². The van der Waals surface area contributed by atoms with Gasteiger partial charge in [0, 0.05) is 25.2 Å². The average Bonchev–Trinajstić information content (AvgIpc) is 2.52. The van der Waals surface area contributed by atoms with Crippen LogP contribution in [-0.2, 0) is 14.3 Å². The average molecular weight is 381 g/mol. The molecule has 0 unspecified atom stereocenters. The van der Waals surface area contributed by atoms with E-state index in [9.17, 15) is 19.2 Å². The molecule has 2 aliphatic rings. The van der Waals surface area contributed by atoms with E-state index in [1.54, 1.807) is 4.90 Å². The number of unbranched alkanes of at least 4 members (excludes halogenated alkanes) is 1. The van der Waals surface area contributed by atoms with Crippen LogP contribution in [0.5, 0.6) is 0 Å². The lowest BCUT2D eigenvalue weighted by molar-refractivity contribution is -0.144. The first-order valence-corrected chi connectivity index (χ1v) is 9.71. The topological polar surface area (TPSA) is 87.2 Å². The molecule has 5 amide bonds. The van der Waals surface area contributed by atoms with Gasteiger partial charge in [-0.05, 0) is 47.0 Å². The summed E-state index contributed by atoms with van der Waals surface area (Å²) in [4.78, 5) is 53.7. The SMILES string of the molecule is CCCCN1C(=O)CC(=O)N([C@@H]2CCN(C(=O)OC(C)(C)C)[C@H](C)C2)C1=O. The number of barbiturate groups is 1. The molecule has 152 valence electrons. The summed E-state index contributed by atoms with van der Waals surface area (Å²) >= 11 is 0. The lowest BCUT2D eigenvalue weighted by Crippen LogP contribution is -2.61. The van der Waals surface area contributed by atoms with Gasteiger partial charge < -0.3 is 9.64 Å². The molecule has 27 heavy (non-hydrogen) atoms. The Morgan fingerprint density at radius 1 is 1.19 bits per heavy atom. The summed E-state index contributed by atoms with van der Waals surface area (Å²) in [5, 5.41) is 0. The highest BCUT2D eigenvalue weighted by atomic mass is 16.6. The van der Waals surface area contributed by atoms with E-state index in [0.717, 1.165) is 6.42 Å². The van der Waals surface area contributed by atoms with Gasteiger partial charge in [-0.2, -0.15) is 0 Å². The van der Waals surface area contributed by atoms with E-state index >= 15 is 0 Å². The molecule has 2 rings (SSSR count). The minimum atomic E-state index is -0.577. The number of ether oxygens (including phenoxy) is 1. The first-order valence-electron chi connectivity index (χ1n) is 9.71. The molecule has 0 aliphatic carbocycles. The van der Waals surface area contributed by atoms with Crippen molar-refractivity contribution in [2.24, 2.45) is 0 Å². The fourth-order valence-corrected chi connectivity index (χ4v) is 3.52. The summed E-state index contributed by atoms with van der Waals surface area (Å²) < 4.78 is 5.43. The van der Waals surface area contributed by atoms with Gasteiger partial charge in [-0.15, -0.1) is 0 Å². The van der Waals surface area contributed by atoms with Crippen LogP contribution in [0.4, 0.5) is 9.59 Å². The van der Waals surface area contributed by atoms with Gasteiger partial charge in [-0.25, -0.2) is 9.59 Å². The second-order valence-electron chi connectivity index (χ2n) is 8.32. The first kappa shape index (κ1) is 21.2. The maximum atomic E-state index is 12.8. The predicted octanol–water partition coefficient (Wildman–Crippen LogP) is 2.76. The quantitative estimate of drug-likeness (QED) is 0.699. The maximum Gasteiger partial charge on any atom is 0.410 e. The lowest BCUT2D eigenvalue weighted by atomic mass is 9.96. The zero-order valence-corrected chi connectivity index (χ0v) is 17.0. The second-order valence-corrected chi connectivity index (χ2v) is 8.32. The number of hydrogen-bond acceptors (Lipinski definition) is 5. The Labute approximate surface area is 160 Å². The molecule has 8 nitrogen and oxygen atoms in total. The molecule has 8 heteroatoms. The Morgan fingerprint density at radius 3 is 2.41 bits per heavy atom. The van der Waals surface area contributed by atoms with Crippen LogP contribution in [-0.4, -0.2) is 69.4 Å². The molecule has 0 spiro atoms. The number of urea groups is 1. The molecule has 0 radical (unpaired) electrons. The summed E-state index contributed by atoms with van der Waals surface area (Å²) in [7, 11) is 0. The second kappa shape index (κ2) is 8.27. The normalized spacial score (nSPS) is 24.5. The molecule has 0 aromatic rings. The van der Waals surface area contributed by atoms with E-state index in [2.05, 4.69) is 0 Å². The molecule has 2 atom stereocenters. The third kappa shape index (κ3) is 4.99. The van der Waals surface area contributed by atoms with Crippen LogP contribution in [0.3, 0.4) is 0 Å². The predicted molar refractivity (Wildman–Crippen MR) is 98.9 cm³/mol. The highest BCUT2D eigenvalue weighted by molar-refractivity contribution is 6.14. The van der Waals surface area contributed by atoms with Crippen molar-refractivity contribution in [3.05, 3.63) is 0 Å². The van der Waals surface area contributed by atoms with Crippen LogP contribution in [0, 0.1) is 0 Å². The van der Waals surface area contributed by atoms with E-state index in [1.165, 1.54) is 9.80 Å². The van der Waals surface area contributed by atoms with Gasteiger partial charge in [-0.3, -0.25) is 19.4 Å². The molecular weight excluding hydrogens is 350 g/mol. The van der Waals surface area contributed by atoms with Gasteiger partial charge in [0.1, 0.15) is 12.0 Å². The van der Waals surface area contributed by atoms with Crippen molar-refractivity contribution < 1.29 is 23.9 Å². The van der Waals surface area contributed by atoms with Gasteiger partial charge in [0.15, 0.2) is 0 Å². The number of rotatable bonds is 4. The van der Waals surface area contributed by atoms with Crippen molar-refractivity contribution in [1.82, 2.24) is 14.7 Å². The number of imide groups is 2. The summed E-state index contributed by atoms with van der Waals surface area (Å²) in [5.74, 6) is -0.866. The third-order valence-electron chi connectivity index (χ3n) is 4.89. The van der Waals surface area contributed by atoms with Gasteiger partial charge >= 0.3 is 12.1 Å². The van der Waals surface area contributed by atoms with Gasteiger partial charge in [-0.1, -0.05) is 13.3 Å². The monoisotopic (exact) mass is 381 g/mol. The highest BCUT2D eigenvalue weighted by Gasteiger charge is 2.44. The first-order chi connectivity index (χ1) is 12.5. The number of piperidine rings is 1. The molecule has 0 aromatic heterocycles. The fraction of sp³-hybridized carbons (Fsp3) is 0.789. The van der Waals surface area contributed by atoms with Crippen LogP contribution < -0.4 is 0 Å².